The zero-order chi connectivity index (χ0) is 10.7. The fourth-order valence-electron chi connectivity index (χ4n) is 2.00. The van der Waals surface area contributed by atoms with Crippen LogP contribution in [0.25, 0.3) is 0 Å². The Bertz CT molecular complexity index is 313. The van der Waals surface area contributed by atoms with Crippen molar-refractivity contribution in [2.45, 2.75) is 26.2 Å². The number of hydrogen-bond acceptors (Lipinski definition) is 3. The number of hydrogen-bond donors (Lipinski definition) is 0. The molecule has 1 saturated heterocycles. The summed E-state index contributed by atoms with van der Waals surface area (Å²) in [6, 6.07) is 0. The Morgan fingerprint density at radius 1 is 1.67 bits per heavy atom. The highest BCUT2D eigenvalue weighted by molar-refractivity contribution is 9.09. The first-order valence-corrected chi connectivity index (χ1v) is 7.59. The lowest BCUT2D eigenvalue weighted by molar-refractivity contribution is 0.576. The molecule has 2 rings (SSSR count). The average Bonchev–Trinajstić information content (AvgIpc) is 2.85. The van der Waals surface area contributed by atoms with Gasteiger partial charge in [-0.3, -0.25) is 0 Å². The Kier molecular flexibility index (Phi) is 4.03. The van der Waals surface area contributed by atoms with Gasteiger partial charge < -0.3 is 4.90 Å². The summed E-state index contributed by atoms with van der Waals surface area (Å²) in [6.45, 7) is 4.55. The fraction of sp³-hybridized carbons (Fsp3) is 0.727. The summed E-state index contributed by atoms with van der Waals surface area (Å²) in [6.07, 6.45) is 3.67. The van der Waals surface area contributed by atoms with Crippen molar-refractivity contribution >= 4 is 32.4 Å². The molecule has 4 heteroatoms. The van der Waals surface area contributed by atoms with Crippen LogP contribution in [-0.4, -0.2) is 23.4 Å². The molecule has 1 aromatic heterocycles. The molecule has 1 atom stereocenters. The van der Waals surface area contributed by atoms with Crippen LogP contribution in [0, 0.1) is 5.92 Å². The minimum atomic E-state index is 0.860. The second-order valence-corrected chi connectivity index (χ2v) is 5.68. The molecule has 1 unspecified atom stereocenters. The van der Waals surface area contributed by atoms with Crippen molar-refractivity contribution in [1.29, 1.82) is 0 Å². The predicted molar refractivity (Wildman–Crippen MR) is 70.2 cm³/mol. The number of anilines is 1. The normalized spacial score (nSPS) is 21.2. The first-order valence-electron chi connectivity index (χ1n) is 5.58. The van der Waals surface area contributed by atoms with Crippen molar-refractivity contribution in [3.05, 3.63) is 11.1 Å². The van der Waals surface area contributed by atoms with Gasteiger partial charge >= 0.3 is 0 Å². The van der Waals surface area contributed by atoms with Crippen molar-refractivity contribution in [2.24, 2.45) is 5.92 Å². The van der Waals surface area contributed by atoms with E-state index in [1.165, 1.54) is 36.8 Å². The quantitative estimate of drug-likeness (QED) is 0.790. The Hall–Kier alpha value is -0.0900. The third-order valence-corrected chi connectivity index (χ3v) is 4.38. The molecule has 0 amide bonds. The van der Waals surface area contributed by atoms with Crippen molar-refractivity contribution in [3.8, 4) is 0 Å². The molecule has 0 N–H and O–H groups in total. The number of thiazole rings is 1. The van der Waals surface area contributed by atoms with Gasteiger partial charge in [0.2, 0.25) is 0 Å². The molecule has 1 aliphatic rings. The zero-order valence-corrected chi connectivity index (χ0v) is 11.5. The van der Waals surface area contributed by atoms with E-state index < -0.39 is 0 Å². The first-order chi connectivity index (χ1) is 7.33. The molecule has 0 bridgehead atoms. The van der Waals surface area contributed by atoms with E-state index in [1.807, 2.05) is 0 Å². The number of aryl methyl sites for hydroxylation is 1. The number of alkyl halides is 1. The van der Waals surface area contributed by atoms with E-state index in [0.717, 1.165) is 17.7 Å². The van der Waals surface area contributed by atoms with Crippen molar-refractivity contribution < 1.29 is 0 Å². The number of halogens is 1. The predicted octanol–water partition coefficient (Wildman–Crippen LogP) is 3.32. The molecule has 0 aromatic carbocycles. The molecule has 0 saturated carbocycles. The van der Waals surface area contributed by atoms with Crippen LogP contribution >= 0.6 is 27.3 Å². The maximum absolute atomic E-state index is 4.64. The lowest BCUT2D eigenvalue weighted by atomic mass is 10.1. The van der Waals surface area contributed by atoms with Gasteiger partial charge in [-0.15, -0.1) is 11.3 Å². The SMILES string of the molecule is CCc1csc(N2CCC(CCBr)C2)n1. The minimum Gasteiger partial charge on any atom is -0.348 e. The Morgan fingerprint density at radius 3 is 3.20 bits per heavy atom. The van der Waals surface area contributed by atoms with Crippen LogP contribution in [-0.2, 0) is 6.42 Å². The maximum atomic E-state index is 4.64. The molecule has 0 radical (unpaired) electrons. The summed E-state index contributed by atoms with van der Waals surface area (Å²) >= 11 is 5.31. The van der Waals surface area contributed by atoms with Crippen LogP contribution in [0.5, 0.6) is 0 Å². The summed E-state index contributed by atoms with van der Waals surface area (Å²) < 4.78 is 0. The Labute approximate surface area is 104 Å². The standard InChI is InChI=1S/C11H17BrN2S/c1-2-10-8-15-11(13-10)14-6-4-9(7-14)3-5-12/h8-9H,2-7H2,1H3. The second-order valence-electron chi connectivity index (χ2n) is 4.05. The van der Waals surface area contributed by atoms with Crippen LogP contribution in [0.15, 0.2) is 5.38 Å². The molecule has 84 valence electrons. The van der Waals surface area contributed by atoms with Gasteiger partial charge in [0, 0.05) is 23.8 Å². The third kappa shape index (κ3) is 2.72. The van der Waals surface area contributed by atoms with Crippen LogP contribution < -0.4 is 4.90 Å². The smallest absolute Gasteiger partial charge is 0.185 e. The molecule has 1 fully saturated rings. The van der Waals surface area contributed by atoms with Crippen molar-refractivity contribution in [2.75, 3.05) is 23.3 Å². The highest BCUT2D eigenvalue weighted by atomic mass is 79.9. The van der Waals surface area contributed by atoms with Crippen LogP contribution in [0.3, 0.4) is 0 Å². The molecular weight excluding hydrogens is 272 g/mol. The van der Waals surface area contributed by atoms with E-state index in [1.54, 1.807) is 11.3 Å². The van der Waals surface area contributed by atoms with Gasteiger partial charge in [0.15, 0.2) is 5.13 Å². The molecule has 0 aliphatic carbocycles. The summed E-state index contributed by atoms with van der Waals surface area (Å²) in [7, 11) is 0. The van der Waals surface area contributed by atoms with Crippen LogP contribution in [0.2, 0.25) is 0 Å². The highest BCUT2D eigenvalue weighted by Gasteiger charge is 2.23. The molecule has 0 spiro atoms. The van der Waals surface area contributed by atoms with Crippen LogP contribution in [0.4, 0.5) is 5.13 Å². The van der Waals surface area contributed by atoms with Gasteiger partial charge in [-0.25, -0.2) is 4.98 Å². The maximum Gasteiger partial charge on any atom is 0.185 e. The van der Waals surface area contributed by atoms with Gasteiger partial charge in [-0.05, 0) is 25.2 Å². The molecule has 1 aromatic rings. The fourth-order valence-corrected chi connectivity index (χ4v) is 3.59. The minimum absolute atomic E-state index is 0.860. The lowest BCUT2D eigenvalue weighted by Crippen LogP contribution is -2.19. The van der Waals surface area contributed by atoms with E-state index in [9.17, 15) is 0 Å². The van der Waals surface area contributed by atoms with E-state index >= 15 is 0 Å². The lowest BCUT2D eigenvalue weighted by Gasteiger charge is -2.14. The molecule has 2 heterocycles. The average molecular weight is 289 g/mol. The van der Waals surface area contributed by atoms with Gasteiger partial charge in [0.1, 0.15) is 0 Å². The van der Waals surface area contributed by atoms with E-state index in [0.29, 0.717) is 0 Å². The van der Waals surface area contributed by atoms with E-state index in [2.05, 4.69) is 38.1 Å². The monoisotopic (exact) mass is 288 g/mol. The molecular formula is C11H17BrN2S. The van der Waals surface area contributed by atoms with Gasteiger partial charge in [-0.1, -0.05) is 22.9 Å². The van der Waals surface area contributed by atoms with Gasteiger partial charge in [0.25, 0.3) is 0 Å². The Balaban J connectivity index is 1.95. The van der Waals surface area contributed by atoms with Crippen molar-refractivity contribution in [1.82, 2.24) is 4.98 Å². The topological polar surface area (TPSA) is 16.1 Å². The third-order valence-electron chi connectivity index (χ3n) is 2.98. The highest BCUT2D eigenvalue weighted by Crippen LogP contribution is 2.28. The van der Waals surface area contributed by atoms with Crippen molar-refractivity contribution in [3.63, 3.8) is 0 Å². The number of rotatable bonds is 4. The largest absolute Gasteiger partial charge is 0.348 e. The van der Waals surface area contributed by atoms with Gasteiger partial charge in [0.05, 0.1) is 5.69 Å². The summed E-state index contributed by atoms with van der Waals surface area (Å²) in [5, 5.41) is 4.54. The first kappa shape index (κ1) is 11.4. The second kappa shape index (κ2) is 5.30. The van der Waals surface area contributed by atoms with Crippen LogP contribution in [0.1, 0.15) is 25.5 Å². The summed E-state index contributed by atoms with van der Waals surface area (Å²) in [5.74, 6) is 0.860. The van der Waals surface area contributed by atoms with E-state index in [-0.39, 0.29) is 0 Å². The molecule has 1 aliphatic heterocycles. The Morgan fingerprint density at radius 2 is 2.53 bits per heavy atom. The number of aromatic nitrogens is 1. The number of nitrogens with zero attached hydrogens (tertiary/aromatic N) is 2. The summed E-state index contributed by atoms with van der Waals surface area (Å²) in [5.41, 5.74) is 1.24. The molecule has 2 nitrogen and oxygen atoms in total. The van der Waals surface area contributed by atoms with E-state index in [4.69, 9.17) is 0 Å². The van der Waals surface area contributed by atoms with Gasteiger partial charge in [-0.2, -0.15) is 0 Å². The molecule has 15 heavy (non-hydrogen) atoms. The zero-order valence-electron chi connectivity index (χ0n) is 9.08. The summed E-state index contributed by atoms with van der Waals surface area (Å²) in [4.78, 5) is 7.08.